The zero-order chi connectivity index (χ0) is 18.3. The van der Waals surface area contributed by atoms with E-state index in [2.05, 4.69) is 0 Å². The van der Waals surface area contributed by atoms with Crippen molar-refractivity contribution in [2.45, 2.75) is 49.1 Å². The molecule has 3 aliphatic rings. The fourth-order valence-electron chi connectivity index (χ4n) is 4.23. The minimum atomic E-state index is -3.66. The Hall–Kier alpha value is -1.93. The maximum atomic E-state index is 12.9. The van der Waals surface area contributed by atoms with Crippen molar-refractivity contribution in [3.8, 4) is 0 Å². The summed E-state index contributed by atoms with van der Waals surface area (Å²) >= 11 is 0. The van der Waals surface area contributed by atoms with E-state index in [0.29, 0.717) is 0 Å². The summed E-state index contributed by atoms with van der Waals surface area (Å²) in [7, 11) is -3.66. The van der Waals surface area contributed by atoms with Crippen LogP contribution in [-0.2, 0) is 14.8 Å². The van der Waals surface area contributed by atoms with Gasteiger partial charge in [-0.05, 0) is 25.0 Å². The van der Waals surface area contributed by atoms with Crippen LogP contribution in [0.15, 0.2) is 35.2 Å². The van der Waals surface area contributed by atoms with Gasteiger partial charge in [0.05, 0.1) is 4.90 Å². The molecular weight excluding hydrogens is 354 g/mol. The first kappa shape index (κ1) is 17.5. The van der Waals surface area contributed by atoms with Gasteiger partial charge in [0.25, 0.3) is 5.91 Å². The number of piperazine rings is 1. The molecule has 8 heteroatoms. The second-order valence-electron chi connectivity index (χ2n) is 7.17. The van der Waals surface area contributed by atoms with Crippen molar-refractivity contribution >= 4 is 22.0 Å². The van der Waals surface area contributed by atoms with Crippen LogP contribution >= 0.6 is 0 Å². The number of imide groups is 1. The lowest BCUT2D eigenvalue weighted by molar-refractivity contribution is -0.130. The molecule has 7 nitrogen and oxygen atoms in total. The molecule has 3 fully saturated rings. The molecule has 0 bridgehead atoms. The monoisotopic (exact) mass is 377 g/mol. The molecule has 0 spiro atoms. The smallest absolute Gasteiger partial charge is 0.310 e. The van der Waals surface area contributed by atoms with Crippen LogP contribution in [-0.4, -0.2) is 66.2 Å². The van der Waals surface area contributed by atoms with E-state index >= 15 is 0 Å². The fraction of sp³-hybridized carbons (Fsp3) is 0.556. The van der Waals surface area contributed by atoms with Gasteiger partial charge in [-0.2, -0.15) is 4.31 Å². The van der Waals surface area contributed by atoms with Gasteiger partial charge in [-0.1, -0.05) is 37.5 Å². The summed E-state index contributed by atoms with van der Waals surface area (Å²) in [6.45, 7) is 0.501. The van der Waals surface area contributed by atoms with Gasteiger partial charge in [0.1, 0.15) is 6.04 Å². The maximum Gasteiger partial charge on any atom is 0.327 e. The number of nitrogens with zero attached hydrogens (tertiary/aromatic N) is 3. The Balaban J connectivity index is 1.55. The van der Waals surface area contributed by atoms with Crippen molar-refractivity contribution in [3.63, 3.8) is 0 Å². The zero-order valence-electron chi connectivity index (χ0n) is 14.6. The molecule has 3 amide bonds. The van der Waals surface area contributed by atoms with E-state index in [0.717, 1.165) is 32.1 Å². The molecule has 0 aromatic heterocycles. The fourth-order valence-corrected chi connectivity index (χ4v) is 5.69. The van der Waals surface area contributed by atoms with Crippen molar-refractivity contribution in [2.24, 2.45) is 0 Å². The summed E-state index contributed by atoms with van der Waals surface area (Å²) < 4.78 is 27.0. The van der Waals surface area contributed by atoms with E-state index in [1.807, 2.05) is 0 Å². The molecular formula is C18H23N3O4S. The number of sulfonamides is 1. The highest BCUT2D eigenvalue weighted by Crippen LogP contribution is 2.31. The van der Waals surface area contributed by atoms with Gasteiger partial charge in [0, 0.05) is 25.7 Å². The van der Waals surface area contributed by atoms with Gasteiger partial charge in [-0.15, -0.1) is 0 Å². The number of carbonyl (C=O) groups excluding carboxylic acids is 2. The van der Waals surface area contributed by atoms with Gasteiger partial charge in [0.2, 0.25) is 10.0 Å². The van der Waals surface area contributed by atoms with E-state index in [9.17, 15) is 18.0 Å². The van der Waals surface area contributed by atoms with Crippen LogP contribution in [0.1, 0.15) is 32.1 Å². The minimum absolute atomic E-state index is 0.0328. The summed E-state index contributed by atoms with van der Waals surface area (Å²) in [6, 6.07) is 7.25. The van der Waals surface area contributed by atoms with Crippen LogP contribution in [0.2, 0.25) is 0 Å². The summed E-state index contributed by atoms with van der Waals surface area (Å²) in [4.78, 5) is 28.8. The molecule has 1 aliphatic carbocycles. The van der Waals surface area contributed by atoms with Crippen molar-refractivity contribution < 1.29 is 18.0 Å². The van der Waals surface area contributed by atoms with E-state index in [-0.39, 0.29) is 42.5 Å². The SMILES string of the molecule is O=C1[C@@H]2CN(S(=O)(=O)c3ccccc3)CCN2C(=O)N1C1CCCCC1. The number of rotatable bonds is 3. The third-order valence-corrected chi connectivity index (χ3v) is 7.52. The third-order valence-electron chi connectivity index (χ3n) is 5.64. The third kappa shape index (κ3) is 2.81. The molecule has 1 atom stereocenters. The summed E-state index contributed by atoms with van der Waals surface area (Å²) in [5.41, 5.74) is 0. The topological polar surface area (TPSA) is 78.0 Å². The van der Waals surface area contributed by atoms with Gasteiger partial charge in [0.15, 0.2) is 0 Å². The molecule has 26 heavy (non-hydrogen) atoms. The highest BCUT2D eigenvalue weighted by atomic mass is 32.2. The van der Waals surface area contributed by atoms with Crippen LogP contribution in [0.25, 0.3) is 0 Å². The van der Waals surface area contributed by atoms with E-state index in [1.165, 1.54) is 9.21 Å². The molecule has 1 saturated carbocycles. The molecule has 0 unspecified atom stereocenters. The highest BCUT2D eigenvalue weighted by Gasteiger charge is 2.51. The number of urea groups is 1. The van der Waals surface area contributed by atoms with E-state index < -0.39 is 16.1 Å². The lowest BCUT2D eigenvalue weighted by Gasteiger charge is -2.34. The first-order valence-electron chi connectivity index (χ1n) is 9.19. The van der Waals surface area contributed by atoms with Crippen molar-refractivity contribution in [1.29, 1.82) is 0 Å². The normalized spacial score (nSPS) is 25.6. The van der Waals surface area contributed by atoms with Crippen LogP contribution in [0.5, 0.6) is 0 Å². The Morgan fingerprint density at radius 1 is 0.923 bits per heavy atom. The largest absolute Gasteiger partial charge is 0.327 e. The van der Waals surface area contributed by atoms with Crippen molar-refractivity contribution in [2.75, 3.05) is 19.6 Å². The molecule has 0 radical (unpaired) electrons. The highest BCUT2D eigenvalue weighted by molar-refractivity contribution is 7.89. The van der Waals surface area contributed by atoms with Gasteiger partial charge >= 0.3 is 6.03 Å². The molecule has 140 valence electrons. The number of hydrogen-bond acceptors (Lipinski definition) is 4. The molecule has 2 saturated heterocycles. The molecule has 4 rings (SSSR count). The minimum Gasteiger partial charge on any atom is -0.310 e. The second-order valence-corrected chi connectivity index (χ2v) is 9.11. The van der Waals surface area contributed by atoms with Crippen LogP contribution in [0.3, 0.4) is 0 Å². The van der Waals surface area contributed by atoms with Crippen LogP contribution in [0.4, 0.5) is 4.79 Å². The molecule has 1 aromatic rings. The maximum absolute atomic E-state index is 12.9. The van der Waals surface area contributed by atoms with E-state index in [4.69, 9.17) is 0 Å². The Morgan fingerprint density at radius 3 is 2.31 bits per heavy atom. The van der Waals surface area contributed by atoms with Crippen molar-refractivity contribution in [3.05, 3.63) is 30.3 Å². The average Bonchev–Trinajstić information content (AvgIpc) is 2.93. The molecule has 0 N–H and O–H groups in total. The first-order chi connectivity index (χ1) is 12.5. The Kier molecular flexibility index (Phi) is 4.48. The first-order valence-corrected chi connectivity index (χ1v) is 10.6. The van der Waals surface area contributed by atoms with Crippen LogP contribution < -0.4 is 0 Å². The molecule has 1 aromatic carbocycles. The second kappa shape index (κ2) is 6.66. The van der Waals surface area contributed by atoms with Gasteiger partial charge in [-0.3, -0.25) is 9.69 Å². The Labute approximate surface area is 153 Å². The average molecular weight is 377 g/mol. The van der Waals surface area contributed by atoms with Gasteiger partial charge in [-0.25, -0.2) is 13.2 Å². The summed E-state index contributed by atoms with van der Waals surface area (Å²) in [5.74, 6) is -0.241. The molecule has 2 heterocycles. The van der Waals surface area contributed by atoms with E-state index in [1.54, 1.807) is 35.2 Å². The lowest BCUT2D eigenvalue weighted by Crippen LogP contribution is -2.54. The summed E-state index contributed by atoms with van der Waals surface area (Å²) in [6.07, 6.45) is 4.90. The number of hydrogen-bond donors (Lipinski definition) is 0. The standard InChI is InChI=1S/C18H23N3O4S/c22-17-16-13-19(26(24,25)15-9-5-2-6-10-15)11-12-20(16)18(23)21(17)14-7-3-1-4-8-14/h2,5-6,9-10,14,16H,1,3-4,7-8,11-13H2/t16-/m0/s1. The lowest BCUT2D eigenvalue weighted by atomic mass is 9.94. The predicted octanol–water partition coefficient (Wildman–Crippen LogP) is 1.66. The predicted molar refractivity (Wildman–Crippen MR) is 94.8 cm³/mol. The van der Waals surface area contributed by atoms with Gasteiger partial charge < -0.3 is 4.90 Å². The molecule has 2 aliphatic heterocycles. The number of carbonyl (C=O) groups is 2. The Bertz CT molecular complexity index is 805. The number of amides is 3. The summed E-state index contributed by atoms with van der Waals surface area (Å²) in [5, 5.41) is 0. The number of benzene rings is 1. The Morgan fingerprint density at radius 2 is 1.62 bits per heavy atom. The number of fused-ring (bicyclic) bond motifs is 1. The van der Waals surface area contributed by atoms with Crippen molar-refractivity contribution in [1.82, 2.24) is 14.1 Å². The quantitative estimate of drug-likeness (QED) is 0.751. The van der Waals surface area contributed by atoms with Crippen LogP contribution in [0, 0.1) is 0 Å². The zero-order valence-corrected chi connectivity index (χ0v) is 15.4.